The van der Waals surface area contributed by atoms with Crippen LogP contribution >= 0.6 is 11.3 Å². The first kappa shape index (κ1) is 12.0. The third kappa shape index (κ3) is 2.61. The molecule has 1 N–H and O–H groups in total. The summed E-state index contributed by atoms with van der Waals surface area (Å²) in [4.78, 5) is 0.952. The standard InChI is InChI=1S/C12H10F3NS/c1-7(11-3-2-4-17-11)16-12-9(14)5-8(13)6-10(12)15/h2-7,16H,1H3. The van der Waals surface area contributed by atoms with E-state index in [1.54, 1.807) is 6.92 Å². The van der Waals surface area contributed by atoms with Crippen molar-refractivity contribution in [2.75, 3.05) is 5.32 Å². The Bertz CT molecular complexity index is 487. The molecule has 1 nitrogen and oxygen atoms in total. The fourth-order valence-corrected chi connectivity index (χ4v) is 2.24. The van der Waals surface area contributed by atoms with Crippen LogP contribution in [0.1, 0.15) is 17.8 Å². The Balaban J connectivity index is 2.25. The van der Waals surface area contributed by atoms with Gasteiger partial charge in [-0.3, -0.25) is 0 Å². The molecule has 2 aromatic rings. The van der Waals surface area contributed by atoms with Crippen molar-refractivity contribution in [1.82, 2.24) is 0 Å². The molecule has 1 atom stereocenters. The highest BCUT2D eigenvalue weighted by Gasteiger charge is 2.14. The van der Waals surface area contributed by atoms with E-state index in [1.807, 2.05) is 17.5 Å². The summed E-state index contributed by atoms with van der Waals surface area (Å²) in [5.41, 5.74) is -0.299. The molecule has 0 aliphatic rings. The second kappa shape index (κ2) is 4.79. The van der Waals surface area contributed by atoms with Crippen molar-refractivity contribution in [2.45, 2.75) is 13.0 Å². The van der Waals surface area contributed by atoms with Gasteiger partial charge in [-0.15, -0.1) is 11.3 Å². The minimum Gasteiger partial charge on any atom is -0.373 e. The van der Waals surface area contributed by atoms with Crippen LogP contribution in [0.4, 0.5) is 18.9 Å². The number of benzene rings is 1. The maximum Gasteiger partial charge on any atom is 0.152 e. The number of hydrogen-bond acceptors (Lipinski definition) is 2. The van der Waals surface area contributed by atoms with Crippen LogP contribution in [0, 0.1) is 17.5 Å². The predicted octanol–water partition coefficient (Wildman–Crippen LogP) is 4.34. The van der Waals surface area contributed by atoms with Gasteiger partial charge in [-0.1, -0.05) is 6.07 Å². The van der Waals surface area contributed by atoms with E-state index in [-0.39, 0.29) is 11.7 Å². The van der Waals surface area contributed by atoms with Gasteiger partial charge in [0.2, 0.25) is 0 Å². The Labute approximate surface area is 101 Å². The van der Waals surface area contributed by atoms with Crippen molar-refractivity contribution in [3.8, 4) is 0 Å². The van der Waals surface area contributed by atoms with Crippen molar-refractivity contribution >= 4 is 17.0 Å². The van der Waals surface area contributed by atoms with Crippen LogP contribution in [0.5, 0.6) is 0 Å². The Morgan fingerprint density at radius 3 is 2.35 bits per heavy atom. The highest BCUT2D eigenvalue weighted by Crippen LogP contribution is 2.27. The molecule has 0 saturated carbocycles. The molecule has 2 rings (SSSR count). The van der Waals surface area contributed by atoms with Crippen LogP contribution in [0.25, 0.3) is 0 Å². The Hall–Kier alpha value is -1.49. The monoisotopic (exact) mass is 257 g/mol. The van der Waals surface area contributed by atoms with E-state index in [0.717, 1.165) is 4.88 Å². The largest absolute Gasteiger partial charge is 0.373 e. The van der Waals surface area contributed by atoms with Crippen LogP contribution in [-0.4, -0.2) is 0 Å². The zero-order valence-electron chi connectivity index (χ0n) is 9.01. The van der Waals surface area contributed by atoms with Gasteiger partial charge in [0.25, 0.3) is 0 Å². The number of anilines is 1. The molecular formula is C12H10F3NS. The quantitative estimate of drug-likeness (QED) is 0.862. The second-order valence-corrected chi connectivity index (χ2v) is 4.61. The Kier molecular flexibility index (Phi) is 3.38. The number of nitrogens with one attached hydrogen (secondary N) is 1. The summed E-state index contributed by atoms with van der Waals surface area (Å²) in [6.07, 6.45) is 0. The second-order valence-electron chi connectivity index (χ2n) is 3.63. The molecule has 0 saturated heterocycles. The summed E-state index contributed by atoms with van der Waals surface area (Å²) < 4.78 is 39.5. The molecular weight excluding hydrogens is 247 g/mol. The van der Waals surface area contributed by atoms with Gasteiger partial charge < -0.3 is 5.32 Å². The minimum atomic E-state index is -0.925. The van der Waals surface area contributed by atoms with E-state index in [4.69, 9.17) is 0 Å². The molecule has 1 aromatic carbocycles. The van der Waals surface area contributed by atoms with Crippen LogP contribution in [0.2, 0.25) is 0 Å². The van der Waals surface area contributed by atoms with E-state index >= 15 is 0 Å². The number of thiophene rings is 1. The first-order valence-electron chi connectivity index (χ1n) is 5.02. The smallest absolute Gasteiger partial charge is 0.152 e. The number of hydrogen-bond donors (Lipinski definition) is 1. The van der Waals surface area contributed by atoms with Gasteiger partial charge in [-0.05, 0) is 18.4 Å². The van der Waals surface area contributed by atoms with E-state index in [9.17, 15) is 13.2 Å². The average Bonchev–Trinajstić information content (AvgIpc) is 2.76. The molecule has 0 amide bonds. The summed E-state index contributed by atoms with van der Waals surface area (Å²) in [7, 11) is 0. The Morgan fingerprint density at radius 1 is 1.18 bits per heavy atom. The third-order valence-corrected chi connectivity index (χ3v) is 3.39. The summed E-state index contributed by atoms with van der Waals surface area (Å²) in [6, 6.07) is 4.81. The van der Waals surface area contributed by atoms with Crippen molar-refractivity contribution in [1.29, 1.82) is 0 Å². The van der Waals surface area contributed by atoms with E-state index in [2.05, 4.69) is 5.32 Å². The SMILES string of the molecule is CC(Nc1c(F)cc(F)cc1F)c1cccs1. The van der Waals surface area contributed by atoms with Crippen molar-refractivity contribution in [2.24, 2.45) is 0 Å². The van der Waals surface area contributed by atoms with E-state index in [0.29, 0.717) is 12.1 Å². The molecule has 0 spiro atoms. The molecule has 1 aromatic heterocycles. The lowest BCUT2D eigenvalue weighted by molar-refractivity contribution is 0.545. The molecule has 0 fully saturated rings. The maximum atomic E-state index is 13.4. The fraction of sp³-hybridized carbons (Fsp3) is 0.167. The minimum absolute atomic E-state index is 0.232. The van der Waals surface area contributed by atoms with Gasteiger partial charge in [0.05, 0.1) is 6.04 Å². The zero-order valence-corrected chi connectivity index (χ0v) is 9.82. The topological polar surface area (TPSA) is 12.0 Å². The molecule has 0 bridgehead atoms. The summed E-state index contributed by atoms with van der Waals surface area (Å²) in [5, 5.41) is 4.58. The molecule has 17 heavy (non-hydrogen) atoms. The van der Waals surface area contributed by atoms with Crippen LogP contribution in [-0.2, 0) is 0 Å². The Morgan fingerprint density at radius 2 is 1.82 bits per heavy atom. The summed E-state index contributed by atoms with van der Waals surface area (Å²) >= 11 is 1.48. The molecule has 1 heterocycles. The number of halogens is 3. The van der Waals surface area contributed by atoms with E-state index < -0.39 is 17.5 Å². The van der Waals surface area contributed by atoms with Crippen LogP contribution in [0.3, 0.4) is 0 Å². The number of rotatable bonds is 3. The first-order chi connectivity index (χ1) is 8.08. The molecule has 5 heteroatoms. The zero-order chi connectivity index (χ0) is 12.4. The molecule has 1 unspecified atom stereocenters. The summed E-state index contributed by atoms with van der Waals surface area (Å²) in [5.74, 6) is -2.77. The molecule has 0 aliphatic carbocycles. The van der Waals surface area contributed by atoms with Gasteiger partial charge in [-0.2, -0.15) is 0 Å². The van der Waals surface area contributed by atoms with Crippen molar-refractivity contribution < 1.29 is 13.2 Å². The predicted molar refractivity (Wildman–Crippen MR) is 62.7 cm³/mol. The van der Waals surface area contributed by atoms with E-state index in [1.165, 1.54) is 11.3 Å². The molecule has 0 radical (unpaired) electrons. The van der Waals surface area contributed by atoms with Crippen molar-refractivity contribution in [3.63, 3.8) is 0 Å². The van der Waals surface area contributed by atoms with Gasteiger partial charge >= 0.3 is 0 Å². The third-order valence-electron chi connectivity index (χ3n) is 2.34. The lowest BCUT2D eigenvalue weighted by atomic mass is 10.2. The fourth-order valence-electron chi connectivity index (χ4n) is 1.51. The molecule has 0 aliphatic heterocycles. The van der Waals surface area contributed by atoms with Crippen molar-refractivity contribution in [3.05, 3.63) is 52.0 Å². The van der Waals surface area contributed by atoms with Crippen LogP contribution in [0.15, 0.2) is 29.6 Å². The normalized spacial score (nSPS) is 12.5. The highest BCUT2D eigenvalue weighted by atomic mass is 32.1. The summed E-state index contributed by atoms with van der Waals surface area (Å²) in [6.45, 7) is 1.79. The lowest BCUT2D eigenvalue weighted by Crippen LogP contribution is -2.08. The highest BCUT2D eigenvalue weighted by molar-refractivity contribution is 7.10. The first-order valence-corrected chi connectivity index (χ1v) is 5.90. The van der Waals surface area contributed by atoms with Gasteiger partial charge in [0.1, 0.15) is 11.5 Å². The lowest BCUT2D eigenvalue weighted by Gasteiger charge is -2.15. The van der Waals surface area contributed by atoms with Gasteiger partial charge in [-0.25, -0.2) is 13.2 Å². The maximum absolute atomic E-state index is 13.4. The molecule has 90 valence electrons. The average molecular weight is 257 g/mol. The van der Waals surface area contributed by atoms with Gasteiger partial charge in [0.15, 0.2) is 11.6 Å². The van der Waals surface area contributed by atoms with Crippen LogP contribution < -0.4 is 5.32 Å². The van der Waals surface area contributed by atoms with Gasteiger partial charge in [0, 0.05) is 17.0 Å².